The summed E-state index contributed by atoms with van der Waals surface area (Å²) in [7, 11) is 0. The predicted octanol–water partition coefficient (Wildman–Crippen LogP) is 2.66. The van der Waals surface area contributed by atoms with Crippen molar-refractivity contribution in [3.8, 4) is 0 Å². The summed E-state index contributed by atoms with van der Waals surface area (Å²) in [4.78, 5) is 0. The summed E-state index contributed by atoms with van der Waals surface area (Å²) in [6, 6.07) is 9.45. The predicted molar refractivity (Wildman–Crippen MR) is 64.0 cm³/mol. The number of hydrogen-bond acceptors (Lipinski definition) is 2. The number of rotatable bonds is 3. The molecule has 0 heterocycles. The summed E-state index contributed by atoms with van der Waals surface area (Å²) in [5.41, 5.74) is 0.820. The molecule has 1 aromatic carbocycles. The maximum absolute atomic E-state index is 10.1. The maximum atomic E-state index is 10.1. The molecule has 0 bridgehead atoms. The van der Waals surface area contributed by atoms with Gasteiger partial charge in [-0.25, -0.2) is 0 Å². The topological polar surface area (TPSA) is 40.5 Å². The molecule has 2 N–H and O–H groups in total. The fourth-order valence-electron chi connectivity index (χ4n) is 2.58. The van der Waals surface area contributed by atoms with E-state index < -0.39 is 12.2 Å². The molecule has 1 aliphatic rings. The van der Waals surface area contributed by atoms with Crippen molar-refractivity contribution in [2.24, 2.45) is 5.92 Å². The van der Waals surface area contributed by atoms with Crippen LogP contribution in [0.25, 0.3) is 0 Å². The van der Waals surface area contributed by atoms with Crippen LogP contribution in [0.3, 0.4) is 0 Å². The fraction of sp³-hybridized carbons (Fsp3) is 0.571. The lowest BCUT2D eigenvalue weighted by Crippen LogP contribution is -2.29. The second-order valence-electron chi connectivity index (χ2n) is 4.74. The third kappa shape index (κ3) is 2.63. The molecule has 1 aromatic rings. The van der Waals surface area contributed by atoms with Crippen molar-refractivity contribution >= 4 is 0 Å². The summed E-state index contributed by atoms with van der Waals surface area (Å²) in [5, 5.41) is 20.2. The Morgan fingerprint density at radius 2 is 1.56 bits per heavy atom. The number of aliphatic hydroxyl groups excluding tert-OH is 2. The van der Waals surface area contributed by atoms with Gasteiger partial charge in [-0.1, -0.05) is 49.6 Å². The van der Waals surface area contributed by atoms with E-state index in [0.717, 1.165) is 18.4 Å². The lowest BCUT2D eigenvalue weighted by Gasteiger charge is -2.29. The molecule has 1 saturated carbocycles. The average Bonchev–Trinajstić information content (AvgIpc) is 2.39. The van der Waals surface area contributed by atoms with E-state index in [1.165, 1.54) is 19.3 Å². The van der Waals surface area contributed by atoms with Crippen LogP contribution in [-0.4, -0.2) is 16.3 Å². The van der Waals surface area contributed by atoms with E-state index in [1.807, 2.05) is 30.3 Å². The highest BCUT2D eigenvalue weighted by Crippen LogP contribution is 2.32. The van der Waals surface area contributed by atoms with Crippen LogP contribution in [0.1, 0.15) is 43.8 Å². The zero-order valence-electron chi connectivity index (χ0n) is 9.55. The van der Waals surface area contributed by atoms with Gasteiger partial charge in [-0.05, 0) is 24.3 Å². The molecule has 2 atom stereocenters. The second-order valence-corrected chi connectivity index (χ2v) is 4.74. The van der Waals surface area contributed by atoms with Crippen molar-refractivity contribution < 1.29 is 10.2 Å². The van der Waals surface area contributed by atoms with Gasteiger partial charge < -0.3 is 10.2 Å². The summed E-state index contributed by atoms with van der Waals surface area (Å²) in [6.07, 6.45) is 4.39. The fourth-order valence-corrected chi connectivity index (χ4v) is 2.58. The first kappa shape index (κ1) is 11.6. The Balaban J connectivity index is 2.00. The number of benzene rings is 1. The standard InChI is InChI=1S/C14H20O2/c15-13(11-7-3-1-4-8-11)14(16)12-9-5-2-6-10-12/h1,3-4,7-8,12-16H,2,5-6,9-10H2/t13-,14+/m1/s1. The van der Waals surface area contributed by atoms with E-state index in [-0.39, 0.29) is 5.92 Å². The molecular formula is C14H20O2. The van der Waals surface area contributed by atoms with Crippen molar-refractivity contribution in [3.05, 3.63) is 35.9 Å². The number of aliphatic hydroxyl groups is 2. The smallest absolute Gasteiger partial charge is 0.105 e. The van der Waals surface area contributed by atoms with Gasteiger partial charge in [0.25, 0.3) is 0 Å². The van der Waals surface area contributed by atoms with Crippen LogP contribution in [0.15, 0.2) is 30.3 Å². The molecule has 1 fully saturated rings. The van der Waals surface area contributed by atoms with Gasteiger partial charge in [0, 0.05) is 0 Å². The van der Waals surface area contributed by atoms with E-state index in [1.54, 1.807) is 0 Å². The summed E-state index contributed by atoms with van der Waals surface area (Å²) >= 11 is 0. The molecule has 0 unspecified atom stereocenters. The highest BCUT2D eigenvalue weighted by molar-refractivity contribution is 5.18. The Morgan fingerprint density at radius 3 is 2.19 bits per heavy atom. The Labute approximate surface area is 96.9 Å². The van der Waals surface area contributed by atoms with Gasteiger partial charge >= 0.3 is 0 Å². The molecule has 88 valence electrons. The maximum Gasteiger partial charge on any atom is 0.105 e. The first-order chi connectivity index (χ1) is 7.79. The van der Waals surface area contributed by atoms with Gasteiger partial charge in [0.05, 0.1) is 6.10 Å². The first-order valence-corrected chi connectivity index (χ1v) is 6.20. The quantitative estimate of drug-likeness (QED) is 0.822. The van der Waals surface area contributed by atoms with Crippen molar-refractivity contribution in [2.75, 3.05) is 0 Å². The molecule has 0 radical (unpaired) electrons. The van der Waals surface area contributed by atoms with Gasteiger partial charge in [-0.15, -0.1) is 0 Å². The van der Waals surface area contributed by atoms with Crippen LogP contribution in [0, 0.1) is 5.92 Å². The van der Waals surface area contributed by atoms with E-state index >= 15 is 0 Å². The molecule has 0 saturated heterocycles. The minimum absolute atomic E-state index is 0.268. The summed E-state index contributed by atoms with van der Waals surface area (Å²) in [6.45, 7) is 0. The molecular weight excluding hydrogens is 200 g/mol. The van der Waals surface area contributed by atoms with Crippen LogP contribution < -0.4 is 0 Å². The first-order valence-electron chi connectivity index (χ1n) is 6.20. The van der Waals surface area contributed by atoms with Gasteiger partial charge in [-0.3, -0.25) is 0 Å². The van der Waals surface area contributed by atoms with Crippen molar-refractivity contribution in [1.29, 1.82) is 0 Å². The van der Waals surface area contributed by atoms with Crippen LogP contribution in [-0.2, 0) is 0 Å². The largest absolute Gasteiger partial charge is 0.390 e. The summed E-state index contributed by atoms with van der Waals surface area (Å²) in [5.74, 6) is 0.268. The lowest BCUT2D eigenvalue weighted by atomic mass is 9.82. The molecule has 1 aliphatic carbocycles. The van der Waals surface area contributed by atoms with Gasteiger partial charge in [-0.2, -0.15) is 0 Å². The van der Waals surface area contributed by atoms with E-state index in [4.69, 9.17) is 0 Å². The monoisotopic (exact) mass is 220 g/mol. The molecule has 0 aliphatic heterocycles. The van der Waals surface area contributed by atoms with Crippen LogP contribution in [0.5, 0.6) is 0 Å². The second kappa shape index (κ2) is 5.46. The van der Waals surface area contributed by atoms with Crippen LogP contribution in [0.4, 0.5) is 0 Å². The van der Waals surface area contributed by atoms with E-state index in [2.05, 4.69) is 0 Å². The molecule has 0 spiro atoms. The normalized spacial score (nSPS) is 21.6. The Hall–Kier alpha value is -0.860. The summed E-state index contributed by atoms with van der Waals surface area (Å²) < 4.78 is 0. The van der Waals surface area contributed by atoms with Crippen molar-refractivity contribution in [3.63, 3.8) is 0 Å². The SMILES string of the molecule is O[C@H](c1ccccc1)[C@@H](O)C1CCCCC1. The van der Waals surface area contributed by atoms with Gasteiger partial charge in [0.2, 0.25) is 0 Å². The Bertz CT molecular complexity index is 304. The van der Waals surface area contributed by atoms with E-state index in [9.17, 15) is 10.2 Å². The Morgan fingerprint density at radius 1 is 0.938 bits per heavy atom. The Kier molecular flexibility index (Phi) is 3.97. The molecule has 0 aromatic heterocycles. The third-order valence-corrected chi connectivity index (χ3v) is 3.60. The zero-order chi connectivity index (χ0) is 11.4. The van der Waals surface area contributed by atoms with Gasteiger partial charge in [0.15, 0.2) is 0 Å². The molecule has 2 rings (SSSR count). The van der Waals surface area contributed by atoms with Crippen LogP contribution >= 0.6 is 0 Å². The van der Waals surface area contributed by atoms with E-state index in [0.29, 0.717) is 0 Å². The zero-order valence-corrected chi connectivity index (χ0v) is 9.55. The van der Waals surface area contributed by atoms with Crippen LogP contribution in [0.2, 0.25) is 0 Å². The molecule has 2 heteroatoms. The van der Waals surface area contributed by atoms with Crippen molar-refractivity contribution in [2.45, 2.75) is 44.3 Å². The molecule has 16 heavy (non-hydrogen) atoms. The minimum atomic E-state index is -0.732. The average molecular weight is 220 g/mol. The molecule has 0 amide bonds. The van der Waals surface area contributed by atoms with Gasteiger partial charge in [0.1, 0.15) is 6.10 Å². The third-order valence-electron chi connectivity index (χ3n) is 3.60. The molecule has 2 nitrogen and oxygen atoms in total. The number of hydrogen-bond donors (Lipinski definition) is 2. The lowest BCUT2D eigenvalue weighted by molar-refractivity contribution is -0.0285. The highest BCUT2D eigenvalue weighted by atomic mass is 16.3. The highest BCUT2D eigenvalue weighted by Gasteiger charge is 2.28. The van der Waals surface area contributed by atoms with Crippen molar-refractivity contribution in [1.82, 2.24) is 0 Å². The minimum Gasteiger partial charge on any atom is -0.390 e.